The van der Waals surface area contributed by atoms with Gasteiger partial charge in [-0.05, 0) is 36.2 Å². The molecule has 11 heteroatoms. The molecule has 0 bridgehead atoms. The molecule has 0 fully saturated rings. The highest BCUT2D eigenvalue weighted by Crippen LogP contribution is 2.40. The SMILES string of the molecule is C=C(NC)c1cc(OC)c(Nc2ncc(C(F)(F)F)c(Oc3cccc4c3C(=O)N(C)C4)n2)cc1C. The fraction of sp³-hybridized carbons (Fsp3) is 0.240. The number of alkyl halides is 3. The number of ether oxygens (including phenoxy) is 2. The maximum Gasteiger partial charge on any atom is 0.423 e. The summed E-state index contributed by atoms with van der Waals surface area (Å²) in [6, 6.07) is 8.26. The molecular formula is C25H24F3N5O3. The van der Waals surface area contributed by atoms with Crippen molar-refractivity contribution in [2.45, 2.75) is 19.6 Å². The number of methoxy groups -OCH3 is 1. The Bertz CT molecular complexity index is 1360. The number of carbonyl (C=O) groups is 1. The van der Waals surface area contributed by atoms with E-state index in [4.69, 9.17) is 9.47 Å². The third kappa shape index (κ3) is 4.64. The normalized spacial score (nSPS) is 12.9. The largest absolute Gasteiger partial charge is 0.495 e. The highest BCUT2D eigenvalue weighted by molar-refractivity contribution is 6.00. The van der Waals surface area contributed by atoms with E-state index >= 15 is 0 Å². The smallest absolute Gasteiger partial charge is 0.423 e. The van der Waals surface area contributed by atoms with Gasteiger partial charge >= 0.3 is 6.18 Å². The third-order valence-electron chi connectivity index (χ3n) is 5.77. The van der Waals surface area contributed by atoms with Crippen LogP contribution in [0, 0.1) is 6.92 Å². The summed E-state index contributed by atoms with van der Waals surface area (Å²) in [6.07, 6.45) is -4.14. The van der Waals surface area contributed by atoms with E-state index in [-0.39, 0.29) is 23.2 Å². The Balaban J connectivity index is 1.74. The maximum absolute atomic E-state index is 13.8. The summed E-state index contributed by atoms with van der Waals surface area (Å²) in [5.74, 6) is -0.823. The summed E-state index contributed by atoms with van der Waals surface area (Å²) in [6.45, 7) is 6.14. The van der Waals surface area contributed by atoms with Gasteiger partial charge in [-0.25, -0.2) is 4.98 Å². The van der Waals surface area contributed by atoms with Crippen LogP contribution in [0.25, 0.3) is 5.70 Å². The molecule has 1 amide bonds. The van der Waals surface area contributed by atoms with Crippen molar-refractivity contribution < 1.29 is 27.4 Å². The molecule has 1 aliphatic rings. The average Bonchev–Trinajstić information content (AvgIpc) is 3.12. The quantitative estimate of drug-likeness (QED) is 0.466. The highest BCUT2D eigenvalue weighted by atomic mass is 19.4. The first-order chi connectivity index (χ1) is 17.0. The number of benzene rings is 2. The van der Waals surface area contributed by atoms with Crippen molar-refractivity contribution in [3.05, 3.63) is 70.9 Å². The molecular weight excluding hydrogens is 475 g/mol. The highest BCUT2D eigenvalue weighted by Gasteiger charge is 2.37. The van der Waals surface area contributed by atoms with Crippen molar-refractivity contribution in [2.24, 2.45) is 0 Å². The molecule has 0 aliphatic carbocycles. The summed E-state index contributed by atoms with van der Waals surface area (Å²) in [5, 5.41) is 5.87. The number of hydrogen-bond donors (Lipinski definition) is 2. The van der Waals surface area contributed by atoms with Crippen LogP contribution in [-0.2, 0) is 12.7 Å². The minimum Gasteiger partial charge on any atom is -0.495 e. The predicted octanol–water partition coefficient (Wildman–Crippen LogP) is 5.12. The van der Waals surface area contributed by atoms with Gasteiger partial charge in [-0.3, -0.25) is 4.79 Å². The van der Waals surface area contributed by atoms with E-state index in [0.29, 0.717) is 35.4 Å². The zero-order valence-electron chi connectivity index (χ0n) is 20.1. The summed E-state index contributed by atoms with van der Waals surface area (Å²) in [5.41, 5.74) is 2.45. The zero-order valence-corrected chi connectivity index (χ0v) is 20.1. The number of aromatic nitrogens is 2. The van der Waals surface area contributed by atoms with Crippen LogP contribution < -0.4 is 20.1 Å². The Labute approximate surface area is 205 Å². The second kappa shape index (κ2) is 9.40. The van der Waals surface area contributed by atoms with E-state index in [9.17, 15) is 18.0 Å². The van der Waals surface area contributed by atoms with Gasteiger partial charge in [0.15, 0.2) is 0 Å². The molecule has 0 saturated heterocycles. The second-order valence-corrected chi connectivity index (χ2v) is 8.18. The van der Waals surface area contributed by atoms with E-state index in [2.05, 4.69) is 27.2 Å². The Morgan fingerprint density at radius 1 is 1.22 bits per heavy atom. The van der Waals surface area contributed by atoms with E-state index < -0.39 is 17.6 Å². The van der Waals surface area contributed by atoms with Crippen LogP contribution in [0.2, 0.25) is 0 Å². The van der Waals surface area contributed by atoms with Crippen LogP contribution >= 0.6 is 0 Å². The fourth-order valence-corrected chi connectivity index (χ4v) is 3.89. The molecule has 4 rings (SSSR count). The van der Waals surface area contributed by atoms with Gasteiger partial charge in [-0.1, -0.05) is 18.7 Å². The van der Waals surface area contributed by atoms with Gasteiger partial charge in [-0.2, -0.15) is 18.2 Å². The average molecular weight is 499 g/mol. The first-order valence-corrected chi connectivity index (χ1v) is 10.9. The monoisotopic (exact) mass is 499 g/mol. The topological polar surface area (TPSA) is 88.6 Å². The van der Waals surface area contributed by atoms with E-state index in [1.54, 1.807) is 38.4 Å². The van der Waals surface area contributed by atoms with Crippen LogP contribution in [0.15, 0.2) is 43.1 Å². The van der Waals surface area contributed by atoms with Crippen molar-refractivity contribution in [2.75, 3.05) is 26.5 Å². The molecule has 8 nitrogen and oxygen atoms in total. The Hall–Kier alpha value is -4.28. The molecule has 188 valence electrons. The van der Waals surface area contributed by atoms with Crippen LogP contribution in [0.4, 0.5) is 24.8 Å². The lowest BCUT2D eigenvalue weighted by Crippen LogP contribution is -2.18. The molecule has 0 atom stereocenters. The van der Waals surface area contributed by atoms with Gasteiger partial charge < -0.3 is 25.0 Å². The van der Waals surface area contributed by atoms with E-state index in [1.165, 1.54) is 18.1 Å². The molecule has 0 unspecified atom stereocenters. The molecule has 1 aromatic heterocycles. The Kier molecular flexibility index (Phi) is 6.49. The second-order valence-electron chi connectivity index (χ2n) is 8.18. The Morgan fingerprint density at radius 2 is 1.97 bits per heavy atom. The summed E-state index contributed by atoms with van der Waals surface area (Å²) >= 11 is 0. The van der Waals surface area contributed by atoms with Gasteiger partial charge in [0.05, 0.1) is 18.4 Å². The fourth-order valence-electron chi connectivity index (χ4n) is 3.89. The van der Waals surface area contributed by atoms with Crippen molar-refractivity contribution in [1.82, 2.24) is 20.2 Å². The summed E-state index contributed by atoms with van der Waals surface area (Å²) < 4.78 is 52.3. The number of hydrogen-bond acceptors (Lipinski definition) is 7. The zero-order chi connectivity index (χ0) is 26.2. The first-order valence-electron chi connectivity index (χ1n) is 10.9. The molecule has 0 radical (unpaired) electrons. The number of halogens is 3. The predicted molar refractivity (Wildman–Crippen MR) is 128 cm³/mol. The molecule has 2 N–H and O–H groups in total. The number of amides is 1. The number of rotatable bonds is 7. The number of aryl methyl sites for hydroxylation is 1. The summed E-state index contributed by atoms with van der Waals surface area (Å²) in [4.78, 5) is 21.8. The molecule has 3 aromatic rings. The number of carbonyl (C=O) groups excluding carboxylic acids is 1. The van der Waals surface area contributed by atoms with Crippen LogP contribution in [0.5, 0.6) is 17.4 Å². The molecule has 2 heterocycles. The third-order valence-corrected chi connectivity index (χ3v) is 5.77. The number of anilines is 2. The summed E-state index contributed by atoms with van der Waals surface area (Å²) in [7, 11) is 4.81. The molecule has 1 aliphatic heterocycles. The van der Waals surface area contributed by atoms with Gasteiger partial charge in [-0.15, -0.1) is 0 Å². The van der Waals surface area contributed by atoms with Crippen molar-refractivity contribution in [3.8, 4) is 17.4 Å². The molecule has 0 saturated carbocycles. The van der Waals surface area contributed by atoms with Crippen molar-refractivity contribution in [3.63, 3.8) is 0 Å². The standard InChI is InChI=1S/C25H24F3N5O3/c1-13-9-18(20(35-5)10-16(13)14(2)29-3)31-24-30-11-17(25(26,27)28)22(32-24)36-19-8-6-7-15-12-33(4)23(34)21(15)19/h6-11,29H,2,12H2,1,3-5H3,(H,30,31,32). The maximum atomic E-state index is 13.8. The van der Waals surface area contributed by atoms with Gasteiger partial charge in [0.2, 0.25) is 11.8 Å². The Morgan fingerprint density at radius 3 is 2.64 bits per heavy atom. The molecule has 0 spiro atoms. The number of nitrogens with zero attached hydrogens (tertiary/aromatic N) is 3. The minimum atomic E-state index is -4.78. The van der Waals surface area contributed by atoms with Gasteiger partial charge in [0.25, 0.3) is 5.91 Å². The lowest BCUT2D eigenvalue weighted by atomic mass is 10.0. The first kappa shape index (κ1) is 24.8. The van der Waals surface area contributed by atoms with Crippen LogP contribution in [0.3, 0.4) is 0 Å². The van der Waals surface area contributed by atoms with Crippen LogP contribution in [-0.4, -0.2) is 42.0 Å². The lowest BCUT2D eigenvalue weighted by molar-refractivity contribution is -0.139. The lowest BCUT2D eigenvalue weighted by Gasteiger charge is -2.17. The van der Waals surface area contributed by atoms with Crippen molar-refractivity contribution >= 4 is 23.2 Å². The van der Waals surface area contributed by atoms with E-state index in [1.807, 2.05) is 6.92 Å². The van der Waals surface area contributed by atoms with Gasteiger partial charge in [0.1, 0.15) is 17.1 Å². The number of nitrogens with one attached hydrogen (secondary N) is 2. The van der Waals surface area contributed by atoms with Crippen molar-refractivity contribution in [1.29, 1.82) is 0 Å². The minimum absolute atomic E-state index is 0.0136. The molecule has 2 aromatic carbocycles. The number of fused-ring (bicyclic) bond motifs is 1. The molecule has 36 heavy (non-hydrogen) atoms. The van der Waals surface area contributed by atoms with Crippen LogP contribution in [0.1, 0.15) is 32.6 Å². The van der Waals surface area contributed by atoms with Gasteiger partial charge in [0, 0.05) is 38.1 Å². The van der Waals surface area contributed by atoms with E-state index in [0.717, 1.165) is 11.1 Å².